The van der Waals surface area contributed by atoms with Crippen molar-refractivity contribution in [2.24, 2.45) is 5.92 Å². The molecule has 0 aliphatic carbocycles. The number of likely N-dealkylation sites (tertiary alicyclic amines) is 1. The van der Waals surface area contributed by atoms with Gasteiger partial charge in [0.2, 0.25) is 5.91 Å². The fraction of sp³-hybridized carbons (Fsp3) is 0.400. The third-order valence-electron chi connectivity index (χ3n) is 5.86. The largest absolute Gasteiger partial charge is 0.466 e. The standard InChI is InChI=1S/C25H28N4O5/c1-4-34-25(33)19-6-5-11-28(14-19)23(31)18-7-9-20(10-8-18)27-22(30)15-29-17(3)12-16(2)21(13-26)24(29)32/h7-10,12,19H,4-6,11,14-15H2,1-3H3,(H,27,30)/t19-/m0/s1. The van der Waals surface area contributed by atoms with Gasteiger partial charge in [0, 0.05) is 30.0 Å². The maximum Gasteiger partial charge on any atom is 0.310 e. The minimum absolute atomic E-state index is 0.0178. The summed E-state index contributed by atoms with van der Waals surface area (Å²) in [4.78, 5) is 51.6. The quantitative estimate of drug-likeness (QED) is 0.655. The van der Waals surface area contributed by atoms with Crippen molar-refractivity contribution >= 4 is 23.5 Å². The first-order valence-corrected chi connectivity index (χ1v) is 11.2. The monoisotopic (exact) mass is 464 g/mol. The number of rotatable bonds is 6. The lowest BCUT2D eigenvalue weighted by Crippen LogP contribution is -2.42. The molecule has 2 heterocycles. The fourth-order valence-corrected chi connectivity index (χ4v) is 4.10. The second kappa shape index (κ2) is 10.8. The summed E-state index contributed by atoms with van der Waals surface area (Å²) < 4.78 is 6.35. The molecule has 9 heteroatoms. The van der Waals surface area contributed by atoms with E-state index < -0.39 is 11.5 Å². The average Bonchev–Trinajstić information content (AvgIpc) is 2.82. The second-order valence-electron chi connectivity index (χ2n) is 8.31. The number of pyridine rings is 1. The van der Waals surface area contributed by atoms with Crippen molar-refractivity contribution in [3.63, 3.8) is 0 Å². The number of ether oxygens (including phenoxy) is 1. The number of carbonyl (C=O) groups excluding carboxylic acids is 3. The minimum atomic E-state index is -0.501. The number of amides is 2. The number of nitrogens with zero attached hydrogens (tertiary/aromatic N) is 3. The Labute approximate surface area is 197 Å². The number of nitriles is 1. The molecule has 1 aliphatic heterocycles. The SMILES string of the molecule is CCOC(=O)[C@H]1CCCN(C(=O)c2ccc(NC(=O)Cn3c(C)cc(C)c(C#N)c3=O)cc2)C1. The number of piperidine rings is 1. The van der Waals surface area contributed by atoms with E-state index in [1.54, 1.807) is 56.0 Å². The van der Waals surface area contributed by atoms with Crippen LogP contribution < -0.4 is 10.9 Å². The molecular formula is C25H28N4O5. The number of aryl methyl sites for hydroxylation is 2. The highest BCUT2D eigenvalue weighted by molar-refractivity contribution is 5.96. The van der Waals surface area contributed by atoms with Gasteiger partial charge in [-0.2, -0.15) is 5.26 Å². The van der Waals surface area contributed by atoms with Crippen molar-refractivity contribution < 1.29 is 19.1 Å². The molecule has 1 atom stereocenters. The Morgan fingerprint density at radius 1 is 1.21 bits per heavy atom. The zero-order chi connectivity index (χ0) is 24.8. The third-order valence-corrected chi connectivity index (χ3v) is 5.86. The molecule has 9 nitrogen and oxygen atoms in total. The van der Waals surface area contributed by atoms with Crippen molar-refractivity contribution in [2.75, 3.05) is 25.0 Å². The summed E-state index contributed by atoms with van der Waals surface area (Å²) in [7, 11) is 0. The van der Waals surface area contributed by atoms with E-state index >= 15 is 0 Å². The van der Waals surface area contributed by atoms with E-state index in [0.29, 0.717) is 48.6 Å². The number of anilines is 1. The van der Waals surface area contributed by atoms with E-state index in [4.69, 9.17) is 4.74 Å². The van der Waals surface area contributed by atoms with Gasteiger partial charge in [-0.05, 0) is 69.5 Å². The summed E-state index contributed by atoms with van der Waals surface area (Å²) in [6.07, 6.45) is 1.43. The summed E-state index contributed by atoms with van der Waals surface area (Å²) in [5.41, 5.74) is 1.60. The zero-order valence-electron chi connectivity index (χ0n) is 19.6. The molecule has 0 radical (unpaired) electrons. The maximum atomic E-state index is 12.9. The molecule has 2 amide bonds. The Balaban J connectivity index is 1.64. The summed E-state index contributed by atoms with van der Waals surface area (Å²) >= 11 is 0. The van der Waals surface area contributed by atoms with Crippen LogP contribution in [0.2, 0.25) is 0 Å². The topological polar surface area (TPSA) is 122 Å². The predicted molar refractivity (Wildman–Crippen MR) is 125 cm³/mol. The van der Waals surface area contributed by atoms with Crippen LogP contribution in [-0.4, -0.2) is 46.9 Å². The number of hydrogen-bond acceptors (Lipinski definition) is 6. The molecule has 1 saturated heterocycles. The molecule has 0 saturated carbocycles. The predicted octanol–water partition coefficient (Wildman–Crippen LogP) is 2.39. The van der Waals surface area contributed by atoms with Crippen LogP contribution in [0.1, 0.15) is 46.9 Å². The van der Waals surface area contributed by atoms with Gasteiger partial charge in [-0.1, -0.05) is 0 Å². The Morgan fingerprint density at radius 3 is 2.56 bits per heavy atom. The van der Waals surface area contributed by atoms with E-state index in [9.17, 15) is 24.4 Å². The van der Waals surface area contributed by atoms with Crippen molar-refractivity contribution in [3.05, 3.63) is 63.1 Å². The molecule has 1 aromatic carbocycles. The van der Waals surface area contributed by atoms with Gasteiger partial charge in [0.1, 0.15) is 18.2 Å². The van der Waals surface area contributed by atoms with Crippen LogP contribution in [0, 0.1) is 31.1 Å². The molecule has 0 unspecified atom stereocenters. The van der Waals surface area contributed by atoms with Gasteiger partial charge in [0.05, 0.1) is 12.5 Å². The van der Waals surface area contributed by atoms with Crippen LogP contribution in [-0.2, 0) is 20.9 Å². The third kappa shape index (κ3) is 5.52. The number of hydrogen-bond donors (Lipinski definition) is 1. The Bertz CT molecular complexity index is 1190. The molecule has 3 rings (SSSR count). The maximum absolute atomic E-state index is 12.9. The first-order valence-electron chi connectivity index (χ1n) is 11.2. The first-order chi connectivity index (χ1) is 16.2. The fourth-order valence-electron chi connectivity index (χ4n) is 4.10. The second-order valence-corrected chi connectivity index (χ2v) is 8.31. The number of esters is 1. The molecule has 2 aromatic rings. The molecule has 1 fully saturated rings. The smallest absolute Gasteiger partial charge is 0.310 e. The van der Waals surface area contributed by atoms with Crippen molar-refractivity contribution in [1.29, 1.82) is 5.26 Å². The molecule has 1 aromatic heterocycles. The zero-order valence-corrected chi connectivity index (χ0v) is 19.6. The van der Waals surface area contributed by atoms with E-state index in [1.165, 1.54) is 4.57 Å². The highest BCUT2D eigenvalue weighted by atomic mass is 16.5. The van der Waals surface area contributed by atoms with Gasteiger partial charge in [-0.3, -0.25) is 19.2 Å². The van der Waals surface area contributed by atoms with Crippen LogP contribution in [0.5, 0.6) is 0 Å². The average molecular weight is 465 g/mol. The van der Waals surface area contributed by atoms with Gasteiger partial charge in [-0.25, -0.2) is 0 Å². The minimum Gasteiger partial charge on any atom is -0.466 e. The van der Waals surface area contributed by atoms with Crippen molar-refractivity contribution in [2.45, 2.75) is 40.2 Å². The highest BCUT2D eigenvalue weighted by Gasteiger charge is 2.29. The van der Waals surface area contributed by atoms with Crippen LogP contribution in [0.3, 0.4) is 0 Å². The van der Waals surface area contributed by atoms with Crippen molar-refractivity contribution in [1.82, 2.24) is 9.47 Å². The summed E-state index contributed by atoms with van der Waals surface area (Å²) in [6, 6.07) is 10.0. The van der Waals surface area contributed by atoms with Crippen LogP contribution in [0.15, 0.2) is 35.1 Å². The Hall–Kier alpha value is -3.93. The van der Waals surface area contributed by atoms with E-state index in [-0.39, 0.29) is 29.9 Å². The first kappa shape index (κ1) is 24.7. The summed E-state index contributed by atoms with van der Waals surface area (Å²) in [5.74, 6) is -1.20. The molecule has 0 spiro atoms. The van der Waals surface area contributed by atoms with Gasteiger partial charge in [0.25, 0.3) is 11.5 Å². The van der Waals surface area contributed by atoms with Gasteiger partial charge < -0.3 is 19.5 Å². The van der Waals surface area contributed by atoms with E-state index in [2.05, 4.69) is 5.32 Å². The van der Waals surface area contributed by atoms with Gasteiger partial charge in [0.15, 0.2) is 0 Å². The lowest BCUT2D eigenvalue weighted by atomic mass is 9.97. The van der Waals surface area contributed by atoms with Crippen LogP contribution in [0.4, 0.5) is 5.69 Å². The van der Waals surface area contributed by atoms with Crippen molar-refractivity contribution in [3.8, 4) is 6.07 Å². The lowest BCUT2D eigenvalue weighted by molar-refractivity contribution is -0.149. The summed E-state index contributed by atoms with van der Waals surface area (Å²) in [5, 5.41) is 11.9. The van der Waals surface area contributed by atoms with E-state index in [1.807, 2.05) is 6.07 Å². The highest BCUT2D eigenvalue weighted by Crippen LogP contribution is 2.21. The molecule has 0 bridgehead atoms. The van der Waals surface area contributed by atoms with Gasteiger partial charge in [-0.15, -0.1) is 0 Å². The Kier molecular flexibility index (Phi) is 7.84. The number of carbonyl (C=O) groups is 3. The van der Waals surface area contributed by atoms with E-state index in [0.717, 1.165) is 6.42 Å². The molecule has 34 heavy (non-hydrogen) atoms. The molecular weight excluding hydrogens is 436 g/mol. The van der Waals surface area contributed by atoms with Gasteiger partial charge >= 0.3 is 5.97 Å². The van der Waals surface area contributed by atoms with Crippen LogP contribution in [0.25, 0.3) is 0 Å². The Morgan fingerprint density at radius 2 is 1.91 bits per heavy atom. The molecule has 1 N–H and O–H groups in total. The number of aromatic nitrogens is 1. The molecule has 1 aliphatic rings. The number of nitrogens with one attached hydrogen (secondary N) is 1. The molecule has 178 valence electrons. The lowest BCUT2D eigenvalue weighted by Gasteiger charge is -2.31. The van der Waals surface area contributed by atoms with Crippen LogP contribution >= 0.6 is 0 Å². The number of benzene rings is 1. The summed E-state index contributed by atoms with van der Waals surface area (Å²) in [6.45, 7) is 6.12. The normalized spacial score (nSPS) is 15.4.